The fraction of sp³-hybridized carbons (Fsp3) is 1.00. The third-order valence-corrected chi connectivity index (χ3v) is 4.23. The molecule has 0 saturated heterocycles. The molecule has 2 aliphatic carbocycles. The third-order valence-electron chi connectivity index (χ3n) is 4.23. The lowest BCUT2D eigenvalue weighted by Gasteiger charge is -2.30. The van der Waals surface area contributed by atoms with Crippen LogP contribution in [0.5, 0.6) is 0 Å². The molecule has 2 aliphatic rings. The van der Waals surface area contributed by atoms with Crippen LogP contribution in [0.2, 0.25) is 0 Å². The first-order valence-electron chi connectivity index (χ1n) is 6.35. The average molecular weight is 211 g/mol. The van der Waals surface area contributed by atoms with Gasteiger partial charge >= 0.3 is 0 Å². The SMILES string of the molecule is COCC(C)(C)NCC1CC2CCC1C2. The molecular weight excluding hydrogens is 186 g/mol. The summed E-state index contributed by atoms with van der Waals surface area (Å²) in [5.74, 6) is 3.04. The molecule has 2 fully saturated rings. The summed E-state index contributed by atoms with van der Waals surface area (Å²) in [6.45, 7) is 6.44. The predicted octanol–water partition coefficient (Wildman–Crippen LogP) is 2.44. The molecule has 0 heterocycles. The highest BCUT2D eigenvalue weighted by Crippen LogP contribution is 2.48. The molecule has 3 atom stereocenters. The van der Waals surface area contributed by atoms with Crippen molar-refractivity contribution in [2.75, 3.05) is 20.3 Å². The zero-order chi connectivity index (χ0) is 10.9. The largest absolute Gasteiger partial charge is 0.383 e. The Labute approximate surface area is 93.8 Å². The topological polar surface area (TPSA) is 21.3 Å². The Hall–Kier alpha value is -0.0800. The van der Waals surface area contributed by atoms with Crippen molar-refractivity contribution in [1.82, 2.24) is 5.32 Å². The smallest absolute Gasteiger partial charge is 0.0639 e. The second kappa shape index (κ2) is 4.42. The minimum Gasteiger partial charge on any atom is -0.383 e. The standard InChI is InChI=1S/C13H25NO/c1-13(2,9-15-3)14-8-12-7-10-4-5-11(12)6-10/h10-12,14H,4-9H2,1-3H3. The fourth-order valence-electron chi connectivity index (χ4n) is 3.45. The maximum absolute atomic E-state index is 5.22. The first-order chi connectivity index (χ1) is 7.11. The molecule has 3 unspecified atom stereocenters. The molecule has 15 heavy (non-hydrogen) atoms. The fourth-order valence-corrected chi connectivity index (χ4v) is 3.45. The van der Waals surface area contributed by atoms with Crippen molar-refractivity contribution in [3.05, 3.63) is 0 Å². The molecule has 2 heteroatoms. The van der Waals surface area contributed by atoms with E-state index in [1.165, 1.54) is 32.2 Å². The van der Waals surface area contributed by atoms with Crippen LogP contribution in [0.15, 0.2) is 0 Å². The zero-order valence-electron chi connectivity index (χ0n) is 10.4. The van der Waals surface area contributed by atoms with Gasteiger partial charge in [0.2, 0.25) is 0 Å². The number of fused-ring (bicyclic) bond motifs is 2. The number of nitrogens with one attached hydrogen (secondary N) is 1. The summed E-state index contributed by atoms with van der Waals surface area (Å²) in [5, 5.41) is 3.66. The Morgan fingerprint density at radius 1 is 1.27 bits per heavy atom. The lowest BCUT2D eigenvalue weighted by Crippen LogP contribution is -2.46. The van der Waals surface area contributed by atoms with Crippen LogP contribution < -0.4 is 5.32 Å². The van der Waals surface area contributed by atoms with Gasteiger partial charge in [0.05, 0.1) is 6.61 Å². The van der Waals surface area contributed by atoms with Gasteiger partial charge in [0.25, 0.3) is 0 Å². The zero-order valence-corrected chi connectivity index (χ0v) is 10.4. The van der Waals surface area contributed by atoms with Gasteiger partial charge in [-0.2, -0.15) is 0 Å². The Morgan fingerprint density at radius 2 is 2.07 bits per heavy atom. The van der Waals surface area contributed by atoms with Gasteiger partial charge in [-0.3, -0.25) is 0 Å². The molecule has 2 nitrogen and oxygen atoms in total. The molecule has 0 amide bonds. The average Bonchev–Trinajstić information content (AvgIpc) is 2.75. The van der Waals surface area contributed by atoms with Gasteiger partial charge in [0, 0.05) is 12.6 Å². The van der Waals surface area contributed by atoms with E-state index in [9.17, 15) is 0 Å². The summed E-state index contributed by atoms with van der Waals surface area (Å²) in [5.41, 5.74) is 0.135. The molecule has 0 spiro atoms. The minimum atomic E-state index is 0.135. The van der Waals surface area contributed by atoms with Crippen molar-refractivity contribution in [2.24, 2.45) is 17.8 Å². The van der Waals surface area contributed by atoms with E-state index in [0.717, 1.165) is 24.4 Å². The minimum absolute atomic E-state index is 0.135. The third kappa shape index (κ3) is 2.73. The number of methoxy groups -OCH3 is 1. The van der Waals surface area contributed by atoms with Crippen molar-refractivity contribution < 1.29 is 4.74 Å². The quantitative estimate of drug-likeness (QED) is 0.754. The Kier molecular flexibility index (Phi) is 3.36. The molecule has 0 aromatic carbocycles. The van der Waals surface area contributed by atoms with Gasteiger partial charge < -0.3 is 10.1 Å². The van der Waals surface area contributed by atoms with Crippen LogP contribution in [0, 0.1) is 17.8 Å². The van der Waals surface area contributed by atoms with Crippen LogP contribution in [0.25, 0.3) is 0 Å². The van der Waals surface area contributed by atoms with E-state index in [2.05, 4.69) is 19.2 Å². The predicted molar refractivity (Wildman–Crippen MR) is 62.9 cm³/mol. The van der Waals surface area contributed by atoms with Crippen LogP contribution in [0.4, 0.5) is 0 Å². The van der Waals surface area contributed by atoms with Gasteiger partial charge in [-0.05, 0) is 57.4 Å². The summed E-state index contributed by atoms with van der Waals surface area (Å²) in [4.78, 5) is 0. The summed E-state index contributed by atoms with van der Waals surface area (Å²) in [7, 11) is 1.78. The van der Waals surface area contributed by atoms with Gasteiger partial charge in [-0.1, -0.05) is 6.42 Å². The van der Waals surface area contributed by atoms with Crippen molar-refractivity contribution in [1.29, 1.82) is 0 Å². The Morgan fingerprint density at radius 3 is 2.60 bits per heavy atom. The normalized spacial score (nSPS) is 35.0. The Balaban J connectivity index is 1.74. The van der Waals surface area contributed by atoms with Gasteiger partial charge in [0.1, 0.15) is 0 Å². The van der Waals surface area contributed by atoms with E-state index < -0.39 is 0 Å². The second-order valence-corrected chi connectivity index (χ2v) is 6.13. The van der Waals surface area contributed by atoms with Crippen LogP contribution >= 0.6 is 0 Å². The van der Waals surface area contributed by atoms with Crippen molar-refractivity contribution >= 4 is 0 Å². The van der Waals surface area contributed by atoms with E-state index in [1.807, 2.05) is 0 Å². The van der Waals surface area contributed by atoms with Crippen LogP contribution in [-0.4, -0.2) is 25.8 Å². The number of ether oxygens (including phenoxy) is 1. The molecule has 0 aromatic rings. The highest BCUT2D eigenvalue weighted by molar-refractivity contribution is 4.92. The molecule has 0 aliphatic heterocycles. The highest BCUT2D eigenvalue weighted by atomic mass is 16.5. The molecule has 88 valence electrons. The molecular formula is C13H25NO. The van der Waals surface area contributed by atoms with Gasteiger partial charge in [0.15, 0.2) is 0 Å². The van der Waals surface area contributed by atoms with E-state index in [4.69, 9.17) is 4.74 Å². The van der Waals surface area contributed by atoms with Crippen molar-refractivity contribution in [3.63, 3.8) is 0 Å². The van der Waals surface area contributed by atoms with Crippen LogP contribution in [-0.2, 0) is 4.74 Å². The van der Waals surface area contributed by atoms with Crippen molar-refractivity contribution in [3.8, 4) is 0 Å². The summed E-state index contributed by atoms with van der Waals surface area (Å²) < 4.78 is 5.22. The monoisotopic (exact) mass is 211 g/mol. The van der Waals surface area contributed by atoms with E-state index in [1.54, 1.807) is 7.11 Å². The molecule has 2 rings (SSSR count). The van der Waals surface area contributed by atoms with E-state index >= 15 is 0 Å². The highest BCUT2D eigenvalue weighted by Gasteiger charge is 2.39. The number of hydrogen-bond acceptors (Lipinski definition) is 2. The maximum atomic E-state index is 5.22. The van der Waals surface area contributed by atoms with Crippen LogP contribution in [0.1, 0.15) is 39.5 Å². The molecule has 0 radical (unpaired) electrons. The summed E-state index contributed by atoms with van der Waals surface area (Å²) in [6, 6.07) is 0. The summed E-state index contributed by atoms with van der Waals surface area (Å²) in [6.07, 6.45) is 5.97. The first kappa shape index (κ1) is 11.4. The van der Waals surface area contributed by atoms with E-state index in [-0.39, 0.29) is 5.54 Å². The maximum Gasteiger partial charge on any atom is 0.0639 e. The molecule has 0 aromatic heterocycles. The Bertz CT molecular complexity index is 215. The van der Waals surface area contributed by atoms with E-state index in [0.29, 0.717) is 0 Å². The number of rotatable bonds is 5. The van der Waals surface area contributed by atoms with Crippen molar-refractivity contribution in [2.45, 2.75) is 45.1 Å². The van der Waals surface area contributed by atoms with Gasteiger partial charge in [-0.25, -0.2) is 0 Å². The van der Waals surface area contributed by atoms with Crippen LogP contribution in [0.3, 0.4) is 0 Å². The number of hydrogen-bond donors (Lipinski definition) is 1. The van der Waals surface area contributed by atoms with Gasteiger partial charge in [-0.15, -0.1) is 0 Å². The first-order valence-corrected chi connectivity index (χ1v) is 6.35. The molecule has 1 N–H and O–H groups in total. The molecule has 2 saturated carbocycles. The molecule has 2 bridgehead atoms. The lowest BCUT2D eigenvalue weighted by atomic mass is 9.88. The summed E-state index contributed by atoms with van der Waals surface area (Å²) >= 11 is 0. The second-order valence-electron chi connectivity index (χ2n) is 6.13. The lowest BCUT2D eigenvalue weighted by molar-refractivity contribution is 0.122.